The highest BCUT2D eigenvalue weighted by atomic mass is 79.9. The van der Waals surface area contributed by atoms with Crippen LogP contribution in [0.4, 0.5) is 0 Å². The zero-order valence-corrected chi connectivity index (χ0v) is 16.9. The van der Waals surface area contributed by atoms with Crippen molar-refractivity contribution in [2.24, 2.45) is 0 Å². The maximum Gasteiger partial charge on any atom is 0.247 e. The van der Waals surface area contributed by atoms with Crippen molar-refractivity contribution in [1.29, 1.82) is 0 Å². The minimum Gasteiger partial charge on any atom is -0.493 e. The second-order valence-electron chi connectivity index (χ2n) is 7.76. The molecule has 1 N–H and O–H groups in total. The van der Waals surface area contributed by atoms with Crippen LogP contribution in [0, 0.1) is 0 Å². The number of hydrogen-bond donors (Lipinski definition) is 1. The Balaban J connectivity index is 0.00000168. The number of aliphatic hydroxyl groups is 1. The van der Waals surface area contributed by atoms with Crippen molar-refractivity contribution in [3.05, 3.63) is 23.3 Å². The van der Waals surface area contributed by atoms with Crippen LogP contribution in [-0.2, 0) is 14.9 Å². The number of benzene rings is 1. The number of fused-ring (bicyclic) bond motifs is 3. The number of carbonyl (C=O) groups excluding carboxylic acids is 1. The molecule has 5 rings (SSSR count). The summed E-state index contributed by atoms with van der Waals surface area (Å²) in [6.07, 6.45) is 2.21. The van der Waals surface area contributed by atoms with E-state index in [0.29, 0.717) is 30.8 Å². The molecule has 2 saturated heterocycles. The van der Waals surface area contributed by atoms with E-state index >= 15 is 0 Å². The van der Waals surface area contributed by atoms with E-state index in [0.717, 1.165) is 24.1 Å². The summed E-state index contributed by atoms with van der Waals surface area (Å²) in [5.74, 6) is -0.551. The molecule has 1 aromatic carbocycles. The molecular weight excluding hydrogens is 402 g/mol. The second-order valence-corrected chi connectivity index (χ2v) is 7.76. The van der Waals surface area contributed by atoms with E-state index in [1.54, 1.807) is 14.2 Å². The number of likely N-dealkylation sites (N-methyl/N-ethyl adjacent to an activating group) is 1. The number of halogens is 1. The van der Waals surface area contributed by atoms with Crippen molar-refractivity contribution in [2.45, 2.75) is 48.5 Å². The highest BCUT2D eigenvalue weighted by Crippen LogP contribution is 2.71. The fourth-order valence-electron chi connectivity index (χ4n) is 6.27. The van der Waals surface area contributed by atoms with Gasteiger partial charge in [0.2, 0.25) is 5.79 Å². The molecule has 1 spiro atoms. The lowest BCUT2D eigenvalue weighted by atomic mass is 9.51. The molecule has 0 unspecified atom stereocenters. The van der Waals surface area contributed by atoms with E-state index in [1.807, 2.05) is 19.2 Å². The Morgan fingerprint density at radius 3 is 2.73 bits per heavy atom. The number of ketones is 1. The lowest BCUT2D eigenvalue weighted by Gasteiger charge is -2.56. The van der Waals surface area contributed by atoms with Crippen LogP contribution in [0.2, 0.25) is 0 Å². The molecular formula is C19H24BrNO5. The summed E-state index contributed by atoms with van der Waals surface area (Å²) in [5, 5.41) is 11.5. The molecule has 6 nitrogen and oxygen atoms in total. The van der Waals surface area contributed by atoms with Gasteiger partial charge >= 0.3 is 0 Å². The van der Waals surface area contributed by atoms with Crippen LogP contribution in [-0.4, -0.2) is 54.9 Å². The normalized spacial score (nSPS) is 39.8. The van der Waals surface area contributed by atoms with Crippen molar-refractivity contribution in [2.75, 3.05) is 27.8 Å². The van der Waals surface area contributed by atoms with Crippen LogP contribution >= 0.6 is 17.0 Å². The molecule has 7 heteroatoms. The Labute approximate surface area is 163 Å². The molecule has 142 valence electrons. The number of nitrogens with zero attached hydrogens (tertiary/aromatic N) is 1. The van der Waals surface area contributed by atoms with E-state index in [4.69, 9.17) is 14.2 Å². The Morgan fingerprint density at radius 2 is 2.04 bits per heavy atom. The average molecular weight is 426 g/mol. The van der Waals surface area contributed by atoms with Crippen LogP contribution in [0.15, 0.2) is 12.1 Å². The molecule has 4 atom stereocenters. The van der Waals surface area contributed by atoms with Gasteiger partial charge in [0.05, 0.1) is 25.9 Å². The minimum atomic E-state index is -1.75. The third-order valence-corrected chi connectivity index (χ3v) is 7.23. The first kappa shape index (κ1) is 18.2. The summed E-state index contributed by atoms with van der Waals surface area (Å²) in [6, 6.07) is 3.89. The van der Waals surface area contributed by atoms with Crippen LogP contribution in [0.5, 0.6) is 11.5 Å². The van der Waals surface area contributed by atoms with Crippen molar-refractivity contribution < 1.29 is 24.1 Å². The first-order valence-electron chi connectivity index (χ1n) is 8.85. The lowest BCUT2D eigenvalue weighted by Crippen LogP contribution is -2.72. The number of carbonyl (C=O) groups is 1. The Hall–Kier alpha value is -1.15. The van der Waals surface area contributed by atoms with Crippen molar-refractivity contribution in [3.63, 3.8) is 0 Å². The highest BCUT2D eigenvalue weighted by Gasteiger charge is 2.80. The summed E-state index contributed by atoms with van der Waals surface area (Å²) < 4.78 is 17.4. The van der Waals surface area contributed by atoms with Crippen LogP contribution in [0.25, 0.3) is 0 Å². The summed E-state index contributed by atoms with van der Waals surface area (Å²) in [7, 11) is 5.28. The quantitative estimate of drug-likeness (QED) is 0.782. The number of methoxy groups -OCH3 is 2. The van der Waals surface area contributed by atoms with Crippen molar-refractivity contribution in [3.8, 4) is 11.5 Å². The highest BCUT2D eigenvalue weighted by molar-refractivity contribution is 8.93. The smallest absolute Gasteiger partial charge is 0.247 e. The van der Waals surface area contributed by atoms with Gasteiger partial charge in [0.1, 0.15) is 0 Å². The Morgan fingerprint density at radius 1 is 1.27 bits per heavy atom. The third-order valence-electron chi connectivity index (χ3n) is 7.23. The van der Waals surface area contributed by atoms with Gasteiger partial charge in [-0.25, -0.2) is 0 Å². The predicted molar refractivity (Wildman–Crippen MR) is 99.2 cm³/mol. The van der Waals surface area contributed by atoms with E-state index in [9.17, 15) is 9.90 Å². The predicted octanol–water partition coefficient (Wildman–Crippen LogP) is 2.12. The molecule has 3 fully saturated rings. The molecule has 1 saturated carbocycles. The second kappa shape index (κ2) is 5.44. The van der Waals surface area contributed by atoms with Gasteiger partial charge in [-0.05, 0) is 38.1 Å². The summed E-state index contributed by atoms with van der Waals surface area (Å²) in [6.45, 7) is 0.811. The molecule has 4 aliphatic rings. The van der Waals surface area contributed by atoms with Gasteiger partial charge < -0.3 is 19.3 Å². The summed E-state index contributed by atoms with van der Waals surface area (Å²) in [4.78, 5) is 14.9. The van der Waals surface area contributed by atoms with Gasteiger partial charge in [-0.3, -0.25) is 9.69 Å². The minimum absolute atomic E-state index is 0. The average Bonchev–Trinajstić information content (AvgIpc) is 3.10. The SMILES string of the molecule is Br.COc1ccc2c(c1OC)[C@]13CCC(=O)[C@]4(O)O[C@H]2C[C@]14N(C)CC3. The standard InChI is InChI=1S/C19H23NO5.BrH/c1-20-9-8-17-7-6-14(21)19(22)18(17,20)10-13(25-19)11-4-5-12(23-2)16(24-3)15(11)17;/h4-5,13,22H,6-10H2,1-3H3;1H/t13-,17+,18-,19-;/m0./s1. The van der Waals surface area contributed by atoms with Crippen LogP contribution < -0.4 is 9.47 Å². The van der Waals surface area contributed by atoms with Gasteiger partial charge in [-0.1, -0.05) is 6.07 Å². The van der Waals surface area contributed by atoms with Gasteiger partial charge in [-0.2, -0.15) is 0 Å². The van der Waals surface area contributed by atoms with Gasteiger partial charge in [0.25, 0.3) is 0 Å². The number of likely N-dealkylation sites (tertiary alicyclic amines) is 1. The van der Waals surface area contributed by atoms with E-state index in [1.165, 1.54) is 0 Å². The molecule has 1 aromatic rings. The molecule has 2 aliphatic carbocycles. The maximum absolute atomic E-state index is 12.8. The number of rotatable bonds is 2. The topological polar surface area (TPSA) is 68.2 Å². The van der Waals surface area contributed by atoms with E-state index < -0.39 is 11.3 Å². The summed E-state index contributed by atoms with van der Waals surface area (Å²) in [5.41, 5.74) is 0.992. The van der Waals surface area contributed by atoms with Crippen molar-refractivity contribution in [1.82, 2.24) is 4.90 Å². The van der Waals surface area contributed by atoms with Crippen LogP contribution in [0.1, 0.15) is 42.9 Å². The molecule has 2 aliphatic heterocycles. The number of Topliss-reactive ketones (excluding diaryl/α,β-unsaturated/α-hetero) is 1. The monoisotopic (exact) mass is 425 g/mol. The van der Waals surface area contributed by atoms with E-state index in [2.05, 4.69) is 4.90 Å². The number of hydrogen-bond acceptors (Lipinski definition) is 6. The molecule has 0 radical (unpaired) electrons. The molecule has 0 aromatic heterocycles. The molecule has 26 heavy (non-hydrogen) atoms. The largest absolute Gasteiger partial charge is 0.493 e. The van der Waals surface area contributed by atoms with Crippen LogP contribution in [0.3, 0.4) is 0 Å². The Bertz CT molecular complexity index is 800. The molecule has 2 bridgehead atoms. The third kappa shape index (κ3) is 1.63. The fraction of sp³-hybridized carbons (Fsp3) is 0.632. The molecule has 0 amide bonds. The zero-order valence-electron chi connectivity index (χ0n) is 15.2. The zero-order chi connectivity index (χ0) is 17.6. The Kier molecular flexibility index (Phi) is 3.81. The van der Waals surface area contributed by atoms with E-state index in [-0.39, 0.29) is 34.3 Å². The van der Waals surface area contributed by atoms with Gasteiger partial charge in [0, 0.05) is 23.8 Å². The van der Waals surface area contributed by atoms with Crippen molar-refractivity contribution >= 4 is 22.8 Å². The number of ether oxygens (including phenoxy) is 3. The molecule has 2 heterocycles. The summed E-state index contributed by atoms with van der Waals surface area (Å²) >= 11 is 0. The lowest BCUT2D eigenvalue weighted by molar-refractivity contribution is -0.242. The maximum atomic E-state index is 12.8. The first-order chi connectivity index (χ1) is 11.9. The van der Waals surface area contributed by atoms with Gasteiger partial charge in [0.15, 0.2) is 17.3 Å². The fourth-order valence-corrected chi connectivity index (χ4v) is 6.27. The van der Waals surface area contributed by atoms with Gasteiger partial charge in [-0.15, -0.1) is 17.0 Å². The first-order valence-corrected chi connectivity index (χ1v) is 8.85.